The first-order valence-corrected chi connectivity index (χ1v) is 6.76. The van der Waals surface area contributed by atoms with Crippen molar-refractivity contribution in [3.05, 3.63) is 52.5 Å². The molecule has 0 saturated heterocycles. The molecule has 0 bridgehead atoms. The minimum Gasteiger partial charge on any atom is -0.349 e. The van der Waals surface area contributed by atoms with E-state index >= 15 is 0 Å². The molecule has 94 valence electrons. The van der Waals surface area contributed by atoms with Crippen LogP contribution in [0.5, 0.6) is 0 Å². The first-order valence-electron chi connectivity index (χ1n) is 5.97. The van der Waals surface area contributed by atoms with Gasteiger partial charge in [-0.15, -0.1) is 0 Å². The van der Waals surface area contributed by atoms with Gasteiger partial charge in [-0.25, -0.2) is 0 Å². The molecule has 0 fully saturated rings. The van der Waals surface area contributed by atoms with Crippen LogP contribution in [0.2, 0.25) is 0 Å². The van der Waals surface area contributed by atoms with E-state index in [2.05, 4.69) is 20.9 Å². The number of carbonyl (C=O) groups excluding carboxylic acids is 1. The van der Waals surface area contributed by atoms with E-state index in [0.717, 1.165) is 28.6 Å². The van der Waals surface area contributed by atoms with Crippen LogP contribution in [0, 0.1) is 0 Å². The number of rotatable bonds is 5. The lowest BCUT2D eigenvalue weighted by Gasteiger charge is -2.03. The molecule has 0 N–H and O–H groups in total. The zero-order valence-electron chi connectivity index (χ0n) is 10.3. The van der Waals surface area contributed by atoms with Crippen molar-refractivity contribution in [3.63, 3.8) is 0 Å². The van der Waals surface area contributed by atoms with E-state index in [-0.39, 0.29) is 5.78 Å². The van der Waals surface area contributed by atoms with E-state index in [1.165, 1.54) is 0 Å². The second-order valence-electron chi connectivity index (χ2n) is 4.26. The molecule has 0 aliphatic rings. The summed E-state index contributed by atoms with van der Waals surface area (Å²) in [5.74, 6) is 0.212. The van der Waals surface area contributed by atoms with Gasteiger partial charge in [0.05, 0.1) is 0 Å². The Bertz CT molecular complexity index is 548. The SMILES string of the molecule is CCCC(=O)c1ccn(Cc2cncc(Br)c2)c1. The Balaban J connectivity index is 2.09. The molecular weight excluding hydrogens is 292 g/mol. The Morgan fingerprint density at radius 1 is 1.44 bits per heavy atom. The van der Waals surface area contributed by atoms with Gasteiger partial charge in [0, 0.05) is 47.8 Å². The second-order valence-corrected chi connectivity index (χ2v) is 5.17. The maximum atomic E-state index is 11.7. The lowest BCUT2D eigenvalue weighted by molar-refractivity contribution is 0.0981. The molecule has 2 heterocycles. The normalized spacial score (nSPS) is 10.6. The summed E-state index contributed by atoms with van der Waals surface area (Å²) in [6.07, 6.45) is 8.93. The van der Waals surface area contributed by atoms with Crippen molar-refractivity contribution in [1.29, 1.82) is 0 Å². The van der Waals surface area contributed by atoms with E-state index in [9.17, 15) is 4.79 Å². The van der Waals surface area contributed by atoms with Gasteiger partial charge in [0.25, 0.3) is 0 Å². The Kier molecular flexibility index (Phi) is 4.31. The average Bonchev–Trinajstić information content (AvgIpc) is 2.78. The molecule has 0 unspecified atom stereocenters. The zero-order chi connectivity index (χ0) is 13.0. The quantitative estimate of drug-likeness (QED) is 0.790. The van der Waals surface area contributed by atoms with Crippen LogP contribution in [0.4, 0.5) is 0 Å². The third-order valence-corrected chi connectivity index (χ3v) is 3.11. The van der Waals surface area contributed by atoms with Gasteiger partial charge in [-0.2, -0.15) is 0 Å². The lowest BCUT2D eigenvalue weighted by Crippen LogP contribution is -1.99. The molecule has 0 atom stereocenters. The number of halogens is 1. The number of carbonyl (C=O) groups is 1. The van der Waals surface area contributed by atoms with Gasteiger partial charge in [-0.1, -0.05) is 6.92 Å². The van der Waals surface area contributed by atoms with Crippen LogP contribution in [-0.2, 0) is 6.54 Å². The monoisotopic (exact) mass is 306 g/mol. The van der Waals surface area contributed by atoms with Crippen LogP contribution in [-0.4, -0.2) is 15.3 Å². The largest absolute Gasteiger partial charge is 0.349 e. The van der Waals surface area contributed by atoms with Crippen molar-refractivity contribution < 1.29 is 4.79 Å². The number of Topliss-reactive ketones (excluding diaryl/α,β-unsaturated/α-hetero) is 1. The van der Waals surface area contributed by atoms with Crippen molar-refractivity contribution in [3.8, 4) is 0 Å². The summed E-state index contributed by atoms with van der Waals surface area (Å²) < 4.78 is 2.97. The highest BCUT2D eigenvalue weighted by molar-refractivity contribution is 9.10. The highest BCUT2D eigenvalue weighted by atomic mass is 79.9. The molecule has 0 aliphatic carbocycles. The third-order valence-electron chi connectivity index (χ3n) is 2.68. The smallest absolute Gasteiger partial charge is 0.164 e. The molecule has 0 saturated carbocycles. The minimum absolute atomic E-state index is 0.212. The maximum absolute atomic E-state index is 11.7. The van der Waals surface area contributed by atoms with Crippen molar-refractivity contribution in [2.24, 2.45) is 0 Å². The molecule has 4 heteroatoms. The molecule has 0 amide bonds. The average molecular weight is 307 g/mol. The minimum atomic E-state index is 0.212. The predicted molar refractivity (Wildman–Crippen MR) is 74.7 cm³/mol. The summed E-state index contributed by atoms with van der Waals surface area (Å²) in [6, 6.07) is 3.91. The molecule has 2 rings (SSSR count). The molecular formula is C14H15BrN2O. The van der Waals surface area contributed by atoms with Crippen LogP contribution in [0.3, 0.4) is 0 Å². The Hall–Kier alpha value is -1.42. The zero-order valence-corrected chi connectivity index (χ0v) is 11.9. The number of pyridine rings is 1. The van der Waals surface area contributed by atoms with Crippen LogP contribution < -0.4 is 0 Å². The van der Waals surface area contributed by atoms with Crippen molar-refractivity contribution >= 4 is 21.7 Å². The van der Waals surface area contributed by atoms with Gasteiger partial charge >= 0.3 is 0 Å². The lowest BCUT2D eigenvalue weighted by atomic mass is 10.1. The Labute approximate surface area is 115 Å². The molecule has 3 nitrogen and oxygen atoms in total. The number of ketones is 1. The molecule has 0 aliphatic heterocycles. The van der Waals surface area contributed by atoms with Gasteiger partial charge in [0.2, 0.25) is 0 Å². The predicted octanol–water partition coefficient (Wildman–Crippen LogP) is 3.68. The fourth-order valence-electron chi connectivity index (χ4n) is 1.83. The van der Waals surface area contributed by atoms with Crippen LogP contribution in [0.15, 0.2) is 41.4 Å². The van der Waals surface area contributed by atoms with Crippen LogP contribution >= 0.6 is 15.9 Å². The van der Waals surface area contributed by atoms with Crippen molar-refractivity contribution in [2.45, 2.75) is 26.3 Å². The van der Waals surface area contributed by atoms with Gasteiger partial charge in [-0.3, -0.25) is 9.78 Å². The first-order chi connectivity index (χ1) is 8.69. The van der Waals surface area contributed by atoms with Gasteiger partial charge in [0.15, 0.2) is 5.78 Å². The molecule has 18 heavy (non-hydrogen) atoms. The summed E-state index contributed by atoms with van der Waals surface area (Å²) in [6.45, 7) is 2.74. The molecule has 2 aromatic rings. The summed E-state index contributed by atoms with van der Waals surface area (Å²) in [7, 11) is 0. The molecule has 0 aromatic carbocycles. The summed E-state index contributed by atoms with van der Waals surface area (Å²) >= 11 is 3.40. The fraction of sp³-hybridized carbons (Fsp3) is 0.286. The molecule has 0 radical (unpaired) electrons. The Morgan fingerprint density at radius 2 is 2.28 bits per heavy atom. The number of hydrogen-bond acceptors (Lipinski definition) is 2. The molecule has 2 aromatic heterocycles. The van der Waals surface area contributed by atoms with E-state index in [1.54, 1.807) is 6.20 Å². The summed E-state index contributed by atoms with van der Waals surface area (Å²) in [5.41, 5.74) is 1.90. The maximum Gasteiger partial charge on any atom is 0.164 e. The Morgan fingerprint density at radius 3 is 3.00 bits per heavy atom. The third kappa shape index (κ3) is 3.29. The number of nitrogens with zero attached hydrogens (tertiary/aromatic N) is 2. The topological polar surface area (TPSA) is 34.9 Å². The van der Waals surface area contributed by atoms with E-state index in [1.807, 2.05) is 42.2 Å². The highest BCUT2D eigenvalue weighted by Gasteiger charge is 2.06. The van der Waals surface area contributed by atoms with Crippen LogP contribution in [0.1, 0.15) is 35.7 Å². The highest BCUT2D eigenvalue weighted by Crippen LogP contribution is 2.12. The fourth-order valence-corrected chi connectivity index (χ4v) is 2.24. The van der Waals surface area contributed by atoms with Gasteiger partial charge < -0.3 is 4.57 Å². The van der Waals surface area contributed by atoms with Crippen molar-refractivity contribution in [1.82, 2.24) is 9.55 Å². The number of aromatic nitrogens is 2. The second kappa shape index (κ2) is 5.96. The van der Waals surface area contributed by atoms with Gasteiger partial charge in [-0.05, 0) is 40.0 Å². The number of hydrogen-bond donors (Lipinski definition) is 0. The van der Waals surface area contributed by atoms with Crippen LogP contribution in [0.25, 0.3) is 0 Å². The van der Waals surface area contributed by atoms with E-state index < -0.39 is 0 Å². The van der Waals surface area contributed by atoms with E-state index in [0.29, 0.717) is 6.42 Å². The summed E-state index contributed by atoms with van der Waals surface area (Å²) in [4.78, 5) is 15.9. The first kappa shape index (κ1) is 13.0. The van der Waals surface area contributed by atoms with Crippen molar-refractivity contribution in [2.75, 3.05) is 0 Å². The molecule has 0 spiro atoms. The van der Waals surface area contributed by atoms with Gasteiger partial charge in [0.1, 0.15) is 0 Å². The van der Waals surface area contributed by atoms with E-state index in [4.69, 9.17) is 0 Å². The summed E-state index contributed by atoms with van der Waals surface area (Å²) in [5, 5.41) is 0. The standard InChI is InChI=1S/C14H15BrN2O/c1-2-3-14(18)12-4-5-17(10-12)9-11-6-13(15)8-16-7-11/h4-8,10H,2-3,9H2,1H3.